The second-order valence-electron chi connectivity index (χ2n) is 8.46. The number of hydrogen-bond acceptors (Lipinski definition) is 8. The lowest BCUT2D eigenvalue weighted by Crippen LogP contribution is -2.45. The van der Waals surface area contributed by atoms with Gasteiger partial charge >= 0.3 is 0 Å². The molecule has 33 heavy (non-hydrogen) atoms. The summed E-state index contributed by atoms with van der Waals surface area (Å²) in [7, 11) is -3.65. The minimum atomic E-state index is -3.65. The Morgan fingerprint density at radius 3 is 2.55 bits per heavy atom. The zero-order valence-electron chi connectivity index (χ0n) is 18.4. The van der Waals surface area contributed by atoms with E-state index in [-0.39, 0.29) is 16.7 Å². The van der Waals surface area contributed by atoms with E-state index in [2.05, 4.69) is 9.88 Å². The lowest BCUT2D eigenvalue weighted by Gasteiger charge is -2.33. The first-order valence-electron chi connectivity index (χ1n) is 11.4. The minimum absolute atomic E-state index is 0.136. The van der Waals surface area contributed by atoms with Gasteiger partial charge in [0.2, 0.25) is 15.9 Å². The van der Waals surface area contributed by atoms with Gasteiger partial charge in [0.1, 0.15) is 13.2 Å². The molecule has 3 aliphatic rings. The molecule has 3 aliphatic heterocycles. The number of fused-ring (bicyclic) bond motifs is 1. The van der Waals surface area contributed by atoms with Gasteiger partial charge in [-0.3, -0.25) is 4.79 Å². The number of amides is 1. The van der Waals surface area contributed by atoms with Crippen molar-refractivity contribution in [2.24, 2.45) is 5.92 Å². The van der Waals surface area contributed by atoms with Crippen LogP contribution in [0.3, 0.4) is 0 Å². The van der Waals surface area contributed by atoms with E-state index < -0.39 is 10.0 Å². The summed E-state index contributed by atoms with van der Waals surface area (Å²) in [5.41, 5.74) is 0. The number of carbonyl (C=O) groups is 1. The van der Waals surface area contributed by atoms with E-state index in [0.717, 1.165) is 31.2 Å². The molecule has 0 N–H and O–H groups in total. The Morgan fingerprint density at radius 2 is 1.79 bits per heavy atom. The van der Waals surface area contributed by atoms with Crippen molar-refractivity contribution in [1.82, 2.24) is 14.2 Å². The Bertz CT molecular complexity index is 1080. The van der Waals surface area contributed by atoms with Crippen molar-refractivity contribution in [1.29, 1.82) is 0 Å². The van der Waals surface area contributed by atoms with Crippen LogP contribution in [0.15, 0.2) is 34.7 Å². The number of hydrogen-bond donors (Lipinski definition) is 0. The van der Waals surface area contributed by atoms with Crippen LogP contribution in [0.5, 0.6) is 11.5 Å². The van der Waals surface area contributed by atoms with Gasteiger partial charge < -0.3 is 19.3 Å². The molecule has 178 valence electrons. The predicted octanol–water partition coefficient (Wildman–Crippen LogP) is 2.05. The highest BCUT2D eigenvalue weighted by Gasteiger charge is 2.35. The maximum Gasteiger partial charge on any atom is 0.243 e. The maximum absolute atomic E-state index is 13.2. The highest BCUT2D eigenvalue weighted by atomic mass is 32.2. The summed E-state index contributed by atoms with van der Waals surface area (Å²) in [5, 5.41) is 2.97. The molecule has 0 saturated carbocycles. The number of aromatic nitrogens is 1. The SMILES string of the molecule is O=C(C1CCN(S(=O)(=O)c2ccc3c(c2)OCCO3)CC1)N1CCCN(c2nccs2)CC1. The Kier molecular flexibility index (Phi) is 6.44. The number of sulfonamides is 1. The van der Waals surface area contributed by atoms with Crippen LogP contribution in [-0.4, -0.2) is 81.0 Å². The smallest absolute Gasteiger partial charge is 0.243 e. The van der Waals surface area contributed by atoms with E-state index in [0.29, 0.717) is 57.2 Å². The number of anilines is 1. The molecule has 0 bridgehead atoms. The standard InChI is InChI=1S/C22H28N4O5S2/c27-21(24-7-1-8-25(12-11-24)22-23-6-15-32-22)17-4-9-26(10-5-17)33(28,29)18-2-3-19-20(16-18)31-14-13-30-19/h2-3,6,15-17H,1,4-5,7-14H2. The van der Waals surface area contributed by atoms with Crippen LogP contribution < -0.4 is 14.4 Å². The fourth-order valence-electron chi connectivity index (χ4n) is 4.64. The fourth-order valence-corrected chi connectivity index (χ4v) is 6.82. The zero-order chi connectivity index (χ0) is 22.8. The van der Waals surface area contributed by atoms with Gasteiger partial charge in [0.15, 0.2) is 16.6 Å². The molecular formula is C22H28N4O5S2. The summed E-state index contributed by atoms with van der Waals surface area (Å²) in [6, 6.07) is 4.74. The highest BCUT2D eigenvalue weighted by molar-refractivity contribution is 7.89. The molecule has 2 aromatic rings. The van der Waals surface area contributed by atoms with Crippen LogP contribution in [-0.2, 0) is 14.8 Å². The lowest BCUT2D eigenvalue weighted by atomic mass is 9.96. The topological polar surface area (TPSA) is 92.3 Å². The van der Waals surface area contributed by atoms with Crippen LogP contribution >= 0.6 is 11.3 Å². The molecule has 5 rings (SSSR count). The second kappa shape index (κ2) is 9.47. The van der Waals surface area contributed by atoms with Gasteiger partial charge in [-0.25, -0.2) is 13.4 Å². The van der Waals surface area contributed by atoms with Crippen molar-refractivity contribution in [2.45, 2.75) is 24.2 Å². The van der Waals surface area contributed by atoms with E-state index in [1.54, 1.807) is 29.7 Å². The van der Waals surface area contributed by atoms with Gasteiger partial charge in [0.25, 0.3) is 0 Å². The molecule has 4 heterocycles. The Labute approximate surface area is 198 Å². The first-order chi connectivity index (χ1) is 16.0. The van der Waals surface area contributed by atoms with Gasteiger partial charge in [0, 0.05) is 62.8 Å². The summed E-state index contributed by atoms with van der Waals surface area (Å²) in [6.07, 6.45) is 3.79. The number of carbonyl (C=O) groups excluding carboxylic acids is 1. The number of nitrogens with zero attached hydrogens (tertiary/aromatic N) is 4. The van der Waals surface area contributed by atoms with Crippen molar-refractivity contribution >= 4 is 32.4 Å². The fraction of sp³-hybridized carbons (Fsp3) is 0.545. The largest absolute Gasteiger partial charge is 0.486 e. The lowest BCUT2D eigenvalue weighted by molar-refractivity contribution is -0.136. The molecule has 1 aromatic carbocycles. The average Bonchev–Trinajstić information content (AvgIpc) is 3.28. The normalized spacial score (nSPS) is 20.5. The third-order valence-corrected chi connectivity index (χ3v) is 9.18. The second-order valence-corrected chi connectivity index (χ2v) is 11.3. The molecule has 0 radical (unpaired) electrons. The van der Waals surface area contributed by atoms with Gasteiger partial charge in [-0.1, -0.05) is 0 Å². The summed E-state index contributed by atoms with van der Waals surface area (Å²) >= 11 is 1.62. The van der Waals surface area contributed by atoms with Crippen molar-refractivity contribution in [2.75, 3.05) is 57.4 Å². The van der Waals surface area contributed by atoms with Crippen molar-refractivity contribution < 1.29 is 22.7 Å². The molecule has 0 spiro atoms. The summed E-state index contributed by atoms with van der Waals surface area (Å²) in [4.78, 5) is 22.0. The average molecular weight is 493 g/mol. The number of thiazole rings is 1. The monoisotopic (exact) mass is 492 g/mol. The van der Waals surface area contributed by atoms with Crippen LogP contribution in [0.4, 0.5) is 5.13 Å². The van der Waals surface area contributed by atoms with Crippen LogP contribution in [0, 0.1) is 5.92 Å². The molecule has 11 heteroatoms. The summed E-state index contributed by atoms with van der Waals surface area (Å²) in [5.74, 6) is 1.03. The molecule has 0 atom stereocenters. The molecule has 9 nitrogen and oxygen atoms in total. The van der Waals surface area contributed by atoms with E-state index in [1.807, 2.05) is 10.3 Å². The van der Waals surface area contributed by atoms with Gasteiger partial charge in [-0.2, -0.15) is 4.31 Å². The van der Waals surface area contributed by atoms with Gasteiger partial charge in [0.05, 0.1) is 4.90 Å². The molecular weight excluding hydrogens is 464 g/mol. The molecule has 2 fully saturated rings. The van der Waals surface area contributed by atoms with E-state index in [4.69, 9.17) is 9.47 Å². The molecule has 0 aliphatic carbocycles. The van der Waals surface area contributed by atoms with Crippen molar-refractivity contribution in [3.05, 3.63) is 29.8 Å². The Hall–Kier alpha value is -2.37. The Balaban J connectivity index is 1.19. The minimum Gasteiger partial charge on any atom is -0.486 e. The third kappa shape index (κ3) is 4.67. The van der Waals surface area contributed by atoms with Crippen molar-refractivity contribution in [3.63, 3.8) is 0 Å². The molecule has 1 aromatic heterocycles. The number of ether oxygens (including phenoxy) is 2. The quantitative estimate of drug-likeness (QED) is 0.645. The van der Waals surface area contributed by atoms with Crippen LogP contribution in [0.25, 0.3) is 0 Å². The van der Waals surface area contributed by atoms with Gasteiger partial charge in [-0.15, -0.1) is 11.3 Å². The van der Waals surface area contributed by atoms with E-state index in [9.17, 15) is 13.2 Å². The maximum atomic E-state index is 13.2. The number of rotatable bonds is 4. The number of benzene rings is 1. The Morgan fingerprint density at radius 1 is 1.00 bits per heavy atom. The van der Waals surface area contributed by atoms with Crippen LogP contribution in [0.2, 0.25) is 0 Å². The van der Waals surface area contributed by atoms with Gasteiger partial charge in [-0.05, 0) is 31.4 Å². The zero-order valence-corrected chi connectivity index (χ0v) is 20.0. The molecule has 1 amide bonds. The van der Waals surface area contributed by atoms with E-state index >= 15 is 0 Å². The summed E-state index contributed by atoms with van der Waals surface area (Å²) < 4.78 is 38.8. The highest BCUT2D eigenvalue weighted by Crippen LogP contribution is 2.34. The first-order valence-corrected chi connectivity index (χ1v) is 13.7. The van der Waals surface area contributed by atoms with Crippen molar-refractivity contribution in [3.8, 4) is 11.5 Å². The predicted molar refractivity (Wildman–Crippen MR) is 124 cm³/mol. The van der Waals surface area contributed by atoms with E-state index in [1.165, 1.54) is 10.4 Å². The van der Waals surface area contributed by atoms with Crippen LogP contribution in [0.1, 0.15) is 19.3 Å². The first kappa shape index (κ1) is 22.4. The molecule has 0 unspecified atom stereocenters. The summed E-state index contributed by atoms with van der Waals surface area (Å²) in [6.45, 7) is 4.62. The number of piperidine rings is 1. The third-order valence-electron chi connectivity index (χ3n) is 6.45. The molecule has 2 saturated heterocycles.